The van der Waals surface area contributed by atoms with Crippen molar-refractivity contribution in [2.24, 2.45) is 0 Å². The Morgan fingerprint density at radius 1 is 1.19 bits per heavy atom. The summed E-state index contributed by atoms with van der Waals surface area (Å²) in [6.45, 7) is 4.71. The van der Waals surface area contributed by atoms with E-state index in [0.29, 0.717) is 12.6 Å². The standard InChI is InChI=1S/C17H23ClN2O/c1-17(2)16(21)20(14-9-4-3-5-10-14)19(17)12-13-8-6-7-11-15(13)18/h6-8,11,14H,3-5,9-10,12H2,1-2H3. The molecular weight excluding hydrogens is 284 g/mol. The summed E-state index contributed by atoms with van der Waals surface area (Å²) in [4.78, 5) is 12.5. The minimum Gasteiger partial charge on any atom is -0.271 e. The van der Waals surface area contributed by atoms with Crippen molar-refractivity contribution in [3.05, 3.63) is 34.9 Å². The lowest BCUT2D eigenvalue weighted by molar-refractivity contribution is -0.231. The molecule has 3 rings (SSSR count). The second-order valence-electron chi connectivity index (χ2n) is 6.65. The molecule has 0 spiro atoms. The van der Waals surface area contributed by atoms with Gasteiger partial charge in [0.25, 0.3) is 5.91 Å². The van der Waals surface area contributed by atoms with Gasteiger partial charge in [0.15, 0.2) is 0 Å². The molecule has 0 radical (unpaired) electrons. The molecule has 2 aliphatic rings. The number of halogens is 1. The van der Waals surface area contributed by atoms with Gasteiger partial charge in [0.05, 0.1) is 0 Å². The van der Waals surface area contributed by atoms with Crippen LogP contribution in [0.25, 0.3) is 0 Å². The van der Waals surface area contributed by atoms with E-state index in [1.54, 1.807) is 0 Å². The van der Waals surface area contributed by atoms with Crippen molar-refractivity contribution >= 4 is 17.5 Å². The molecule has 2 fully saturated rings. The van der Waals surface area contributed by atoms with E-state index in [9.17, 15) is 4.79 Å². The van der Waals surface area contributed by atoms with Crippen LogP contribution in [0, 0.1) is 0 Å². The van der Waals surface area contributed by atoms with Gasteiger partial charge in [-0.15, -0.1) is 0 Å². The maximum absolute atomic E-state index is 12.5. The van der Waals surface area contributed by atoms with Crippen molar-refractivity contribution in [3.8, 4) is 0 Å². The molecular formula is C17H23ClN2O. The fourth-order valence-electron chi connectivity index (χ4n) is 3.48. The highest BCUT2D eigenvalue weighted by molar-refractivity contribution is 6.31. The van der Waals surface area contributed by atoms with E-state index in [1.807, 2.05) is 43.1 Å². The maximum Gasteiger partial charge on any atom is 0.258 e. The third-order valence-electron chi connectivity index (χ3n) is 4.84. The molecule has 1 aliphatic heterocycles. The molecule has 1 amide bonds. The summed E-state index contributed by atoms with van der Waals surface area (Å²) in [6.07, 6.45) is 6.01. The van der Waals surface area contributed by atoms with Gasteiger partial charge in [0.1, 0.15) is 5.54 Å². The van der Waals surface area contributed by atoms with Gasteiger partial charge in [-0.05, 0) is 38.3 Å². The van der Waals surface area contributed by atoms with Gasteiger partial charge in [0.2, 0.25) is 0 Å². The monoisotopic (exact) mass is 306 g/mol. The summed E-state index contributed by atoms with van der Waals surface area (Å²) in [5.74, 6) is 0.251. The van der Waals surface area contributed by atoms with Crippen LogP contribution in [-0.2, 0) is 11.3 Å². The molecule has 0 aromatic heterocycles. The van der Waals surface area contributed by atoms with Crippen LogP contribution >= 0.6 is 11.6 Å². The first kappa shape index (κ1) is 14.9. The Bertz CT molecular complexity index is 537. The Hall–Kier alpha value is -1.06. The highest BCUT2D eigenvalue weighted by Crippen LogP contribution is 2.39. The number of benzene rings is 1. The lowest BCUT2D eigenvalue weighted by Gasteiger charge is -2.59. The number of carbonyl (C=O) groups is 1. The highest BCUT2D eigenvalue weighted by atomic mass is 35.5. The van der Waals surface area contributed by atoms with Crippen LogP contribution in [0.5, 0.6) is 0 Å². The topological polar surface area (TPSA) is 23.6 Å². The van der Waals surface area contributed by atoms with Gasteiger partial charge < -0.3 is 0 Å². The normalized spacial score (nSPS) is 23.2. The molecule has 114 valence electrons. The summed E-state index contributed by atoms with van der Waals surface area (Å²) in [5, 5.41) is 4.98. The van der Waals surface area contributed by atoms with Crippen molar-refractivity contribution in [2.45, 2.75) is 64.1 Å². The number of hydrogen-bond acceptors (Lipinski definition) is 2. The zero-order valence-electron chi connectivity index (χ0n) is 12.8. The molecule has 0 N–H and O–H groups in total. The minimum atomic E-state index is -0.420. The van der Waals surface area contributed by atoms with Gasteiger partial charge >= 0.3 is 0 Å². The van der Waals surface area contributed by atoms with Crippen LogP contribution in [0.3, 0.4) is 0 Å². The van der Waals surface area contributed by atoms with E-state index in [0.717, 1.165) is 23.4 Å². The first-order valence-corrected chi connectivity index (χ1v) is 8.24. The zero-order valence-corrected chi connectivity index (χ0v) is 13.6. The quantitative estimate of drug-likeness (QED) is 0.842. The summed E-state index contributed by atoms with van der Waals surface area (Å²) >= 11 is 6.28. The van der Waals surface area contributed by atoms with E-state index in [1.165, 1.54) is 19.3 Å². The molecule has 0 unspecified atom stereocenters. The molecule has 1 saturated heterocycles. The highest BCUT2D eigenvalue weighted by Gasteiger charge is 2.54. The number of rotatable bonds is 3. The van der Waals surface area contributed by atoms with E-state index < -0.39 is 5.54 Å². The molecule has 1 heterocycles. The Morgan fingerprint density at radius 3 is 2.52 bits per heavy atom. The molecule has 1 aromatic rings. The number of carbonyl (C=O) groups excluding carboxylic acids is 1. The fourth-order valence-corrected chi connectivity index (χ4v) is 3.67. The molecule has 4 heteroatoms. The van der Waals surface area contributed by atoms with Gasteiger partial charge in [-0.25, -0.2) is 0 Å². The fraction of sp³-hybridized carbons (Fsp3) is 0.588. The van der Waals surface area contributed by atoms with E-state index in [4.69, 9.17) is 11.6 Å². The summed E-state index contributed by atoms with van der Waals surface area (Å²) < 4.78 is 0. The van der Waals surface area contributed by atoms with Crippen LogP contribution in [0.15, 0.2) is 24.3 Å². The van der Waals surface area contributed by atoms with Crippen LogP contribution in [0.2, 0.25) is 5.02 Å². The predicted octanol–water partition coefficient (Wildman–Crippen LogP) is 4.01. The summed E-state index contributed by atoms with van der Waals surface area (Å²) in [5.41, 5.74) is 0.664. The lowest BCUT2D eigenvalue weighted by Crippen LogP contribution is -2.76. The van der Waals surface area contributed by atoms with E-state index in [2.05, 4.69) is 5.01 Å². The largest absolute Gasteiger partial charge is 0.271 e. The Kier molecular flexibility index (Phi) is 3.98. The maximum atomic E-state index is 12.5. The Labute approximate surface area is 131 Å². The summed E-state index contributed by atoms with van der Waals surface area (Å²) in [7, 11) is 0. The van der Waals surface area contributed by atoms with Gasteiger partial charge in [-0.3, -0.25) is 9.80 Å². The minimum absolute atomic E-state index is 0.251. The molecule has 1 aliphatic carbocycles. The Balaban J connectivity index is 1.80. The second kappa shape index (κ2) is 5.62. The van der Waals surface area contributed by atoms with Crippen molar-refractivity contribution in [1.82, 2.24) is 10.0 Å². The average molecular weight is 307 g/mol. The van der Waals surface area contributed by atoms with Crippen LogP contribution in [0.1, 0.15) is 51.5 Å². The first-order valence-electron chi connectivity index (χ1n) is 7.86. The molecule has 1 saturated carbocycles. The van der Waals surface area contributed by atoms with Crippen LogP contribution in [-0.4, -0.2) is 27.5 Å². The average Bonchev–Trinajstić information content (AvgIpc) is 2.49. The van der Waals surface area contributed by atoms with Crippen LogP contribution in [0.4, 0.5) is 0 Å². The third kappa shape index (κ3) is 2.58. The van der Waals surface area contributed by atoms with Crippen molar-refractivity contribution in [3.63, 3.8) is 0 Å². The lowest BCUT2D eigenvalue weighted by atomic mass is 9.89. The van der Waals surface area contributed by atoms with Gasteiger partial charge in [0, 0.05) is 17.6 Å². The molecule has 3 nitrogen and oxygen atoms in total. The molecule has 0 bridgehead atoms. The van der Waals surface area contributed by atoms with Crippen molar-refractivity contribution in [1.29, 1.82) is 0 Å². The molecule has 0 atom stereocenters. The predicted molar refractivity (Wildman–Crippen MR) is 84.8 cm³/mol. The number of hydrogen-bond donors (Lipinski definition) is 0. The second-order valence-corrected chi connectivity index (χ2v) is 7.06. The van der Waals surface area contributed by atoms with Gasteiger partial charge in [-0.2, -0.15) is 5.01 Å². The molecule has 21 heavy (non-hydrogen) atoms. The van der Waals surface area contributed by atoms with Gasteiger partial charge in [-0.1, -0.05) is 49.1 Å². The molecule has 1 aromatic carbocycles. The number of hydrazine groups is 1. The smallest absolute Gasteiger partial charge is 0.258 e. The van der Waals surface area contributed by atoms with Crippen LogP contribution < -0.4 is 0 Å². The number of amides is 1. The zero-order chi connectivity index (χ0) is 15.0. The van der Waals surface area contributed by atoms with Crippen molar-refractivity contribution < 1.29 is 4.79 Å². The number of nitrogens with zero attached hydrogens (tertiary/aromatic N) is 2. The van der Waals surface area contributed by atoms with Crippen molar-refractivity contribution in [2.75, 3.05) is 0 Å². The first-order chi connectivity index (χ1) is 10.0. The third-order valence-corrected chi connectivity index (χ3v) is 5.20. The SMILES string of the molecule is CC1(C)C(=O)N(C2CCCCC2)N1Cc1ccccc1Cl. The summed E-state index contributed by atoms with van der Waals surface area (Å²) in [6, 6.07) is 8.27. The Morgan fingerprint density at radius 2 is 1.86 bits per heavy atom. The van der Waals surface area contributed by atoms with E-state index in [-0.39, 0.29) is 5.91 Å². The van der Waals surface area contributed by atoms with E-state index >= 15 is 0 Å².